The maximum absolute atomic E-state index is 13.7. The van der Waals surface area contributed by atoms with Crippen LogP contribution in [0.5, 0.6) is 0 Å². The number of rotatable bonds is 5. The molecule has 0 aliphatic carbocycles. The van der Waals surface area contributed by atoms with E-state index in [9.17, 15) is 32.5 Å². The lowest BCUT2D eigenvalue weighted by molar-refractivity contribution is -0.139. The zero-order chi connectivity index (χ0) is 23.6. The molecular formula is C22H16ClF3N2O3S. The molecule has 166 valence electrons. The molecule has 2 N–H and O–H groups in total. The molecule has 2 aromatic rings. The number of allylic oxidation sites excluding steroid dienone is 2. The average Bonchev–Trinajstić information content (AvgIpc) is 2.72. The van der Waals surface area contributed by atoms with Crippen LogP contribution in [0.15, 0.2) is 76.0 Å². The molecular weight excluding hydrogens is 465 g/mol. The number of carboxylic acids is 1. The van der Waals surface area contributed by atoms with Crippen LogP contribution in [0.1, 0.15) is 24.0 Å². The first-order valence-corrected chi connectivity index (χ1v) is 10.9. The first-order chi connectivity index (χ1) is 15.1. The minimum atomic E-state index is -4.76. The largest absolute Gasteiger partial charge is 0.478 e. The fraction of sp³-hybridized carbons (Fsp3) is 0.182. The van der Waals surface area contributed by atoms with Gasteiger partial charge in [0, 0.05) is 11.4 Å². The highest BCUT2D eigenvalue weighted by Gasteiger charge is 2.41. The minimum Gasteiger partial charge on any atom is -0.478 e. The van der Waals surface area contributed by atoms with Gasteiger partial charge in [-0.3, -0.25) is 4.21 Å². The van der Waals surface area contributed by atoms with Crippen LogP contribution in [0.25, 0.3) is 0 Å². The van der Waals surface area contributed by atoms with Gasteiger partial charge in [0.15, 0.2) is 0 Å². The predicted molar refractivity (Wildman–Crippen MR) is 113 cm³/mol. The summed E-state index contributed by atoms with van der Waals surface area (Å²) < 4.78 is 54.0. The Morgan fingerprint density at radius 2 is 1.84 bits per heavy atom. The molecule has 0 fully saturated rings. The van der Waals surface area contributed by atoms with Crippen LogP contribution in [0.4, 0.5) is 13.2 Å². The van der Waals surface area contributed by atoms with Crippen LogP contribution in [-0.4, -0.2) is 21.0 Å². The monoisotopic (exact) mass is 480 g/mol. The fourth-order valence-electron chi connectivity index (χ4n) is 3.57. The molecule has 0 saturated heterocycles. The van der Waals surface area contributed by atoms with Gasteiger partial charge in [0.25, 0.3) is 0 Å². The van der Waals surface area contributed by atoms with Crippen LogP contribution >= 0.6 is 11.6 Å². The maximum Gasteiger partial charge on any atom is 0.416 e. The summed E-state index contributed by atoms with van der Waals surface area (Å²) in [5.41, 5.74) is -1.90. The minimum absolute atomic E-state index is 0.0470. The second kappa shape index (κ2) is 9.18. The Bertz CT molecular complexity index is 1220. The predicted octanol–water partition coefficient (Wildman–Crippen LogP) is 4.99. The molecule has 0 saturated carbocycles. The number of nitriles is 1. The summed E-state index contributed by atoms with van der Waals surface area (Å²) in [7, 11) is -1.80. The molecule has 1 heterocycles. The molecule has 1 aliphatic rings. The van der Waals surface area contributed by atoms with Crippen LogP contribution in [0.3, 0.4) is 0 Å². The van der Waals surface area contributed by atoms with Crippen molar-refractivity contribution in [2.24, 2.45) is 0 Å². The average molecular weight is 481 g/mol. The first kappa shape index (κ1) is 23.6. The topological polar surface area (TPSA) is 90.2 Å². The Kier molecular flexibility index (Phi) is 6.77. The van der Waals surface area contributed by atoms with Crippen molar-refractivity contribution in [1.29, 1.82) is 5.26 Å². The number of nitrogens with zero attached hydrogens (tertiary/aromatic N) is 1. The number of dihydropyridines is 1. The Labute approximate surface area is 189 Å². The lowest BCUT2D eigenvalue weighted by atomic mass is 9.79. The van der Waals surface area contributed by atoms with Gasteiger partial charge in [-0.15, -0.1) is 0 Å². The third-order valence-corrected chi connectivity index (χ3v) is 6.77. The third-order valence-electron chi connectivity index (χ3n) is 4.93. The standard InChI is InChI=1S/C22H16ClF3N2O3S/c1-12-14(10-27)19(13-6-2-3-7-15(13)22(24,25)26)20(21(29)30)17(28-12)11-32(31)18-9-5-4-8-16(18)23/h2-9,19,28H,11H2,1H3,(H,29,30). The molecule has 2 atom stereocenters. The molecule has 10 heteroatoms. The molecule has 2 aromatic carbocycles. The van der Waals surface area contributed by atoms with Gasteiger partial charge in [-0.25, -0.2) is 4.79 Å². The number of nitrogens with one attached hydrogen (secondary N) is 1. The normalized spacial score (nSPS) is 17.6. The van der Waals surface area contributed by atoms with Crippen molar-refractivity contribution in [3.05, 3.63) is 87.2 Å². The molecule has 0 spiro atoms. The zero-order valence-electron chi connectivity index (χ0n) is 16.5. The van der Waals surface area contributed by atoms with E-state index in [-0.39, 0.29) is 38.2 Å². The molecule has 0 radical (unpaired) electrons. The Balaban J connectivity index is 2.21. The van der Waals surface area contributed by atoms with Crippen molar-refractivity contribution in [1.82, 2.24) is 5.32 Å². The molecule has 1 aliphatic heterocycles. The van der Waals surface area contributed by atoms with Crippen molar-refractivity contribution in [3.8, 4) is 6.07 Å². The van der Waals surface area contributed by atoms with Crippen molar-refractivity contribution in [3.63, 3.8) is 0 Å². The van der Waals surface area contributed by atoms with Crippen molar-refractivity contribution in [2.75, 3.05) is 5.75 Å². The van der Waals surface area contributed by atoms with Gasteiger partial charge < -0.3 is 10.4 Å². The summed E-state index contributed by atoms with van der Waals surface area (Å²) in [5.74, 6) is -3.35. The van der Waals surface area contributed by atoms with E-state index in [4.69, 9.17) is 11.6 Å². The van der Waals surface area contributed by atoms with Gasteiger partial charge in [-0.1, -0.05) is 41.9 Å². The molecule has 5 nitrogen and oxygen atoms in total. The summed E-state index contributed by atoms with van der Waals surface area (Å²) in [4.78, 5) is 12.5. The summed E-state index contributed by atoms with van der Waals surface area (Å²) in [6.45, 7) is 1.46. The zero-order valence-corrected chi connectivity index (χ0v) is 18.1. The second-order valence-corrected chi connectivity index (χ2v) is 8.74. The lowest BCUT2D eigenvalue weighted by Crippen LogP contribution is -2.32. The summed E-state index contributed by atoms with van der Waals surface area (Å²) in [6.07, 6.45) is -4.76. The number of hydrogen-bond donors (Lipinski definition) is 2. The number of carboxylic acid groups (broad SMARTS) is 1. The highest BCUT2D eigenvalue weighted by atomic mass is 35.5. The maximum atomic E-state index is 13.7. The Hall–Kier alpha value is -3.09. The fourth-order valence-corrected chi connectivity index (χ4v) is 5.12. The number of aliphatic carboxylic acids is 1. The van der Waals surface area contributed by atoms with E-state index >= 15 is 0 Å². The van der Waals surface area contributed by atoms with E-state index in [2.05, 4.69) is 5.32 Å². The van der Waals surface area contributed by atoms with Gasteiger partial charge in [-0.05, 0) is 30.7 Å². The lowest BCUT2D eigenvalue weighted by Gasteiger charge is -2.30. The summed E-state index contributed by atoms with van der Waals surface area (Å²) in [5, 5.41) is 22.6. The van der Waals surface area contributed by atoms with E-state index in [0.29, 0.717) is 0 Å². The van der Waals surface area contributed by atoms with Crippen molar-refractivity contribution in [2.45, 2.75) is 23.9 Å². The molecule has 0 aromatic heterocycles. The van der Waals surface area contributed by atoms with Crippen LogP contribution in [0.2, 0.25) is 5.02 Å². The highest BCUT2D eigenvalue weighted by Crippen LogP contribution is 2.43. The quantitative estimate of drug-likeness (QED) is 0.629. The second-order valence-electron chi connectivity index (χ2n) is 6.91. The van der Waals surface area contributed by atoms with E-state index in [1.807, 2.05) is 6.07 Å². The van der Waals surface area contributed by atoms with E-state index in [0.717, 1.165) is 12.1 Å². The van der Waals surface area contributed by atoms with Gasteiger partial charge in [0.2, 0.25) is 0 Å². The third kappa shape index (κ3) is 4.56. The SMILES string of the molecule is CC1=C(C#N)C(c2ccccc2C(F)(F)F)C(C(=O)O)=C(CS(=O)c2ccccc2Cl)N1. The van der Waals surface area contributed by atoms with Crippen LogP contribution in [0, 0.1) is 11.3 Å². The van der Waals surface area contributed by atoms with Crippen LogP contribution < -0.4 is 5.32 Å². The summed E-state index contributed by atoms with van der Waals surface area (Å²) >= 11 is 6.08. The number of carbonyl (C=O) groups is 1. The number of benzene rings is 2. The Morgan fingerprint density at radius 1 is 1.22 bits per heavy atom. The number of hydrogen-bond acceptors (Lipinski definition) is 4. The van der Waals surface area contributed by atoms with Gasteiger partial charge in [0.1, 0.15) is 0 Å². The highest BCUT2D eigenvalue weighted by molar-refractivity contribution is 7.85. The number of halogens is 4. The van der Waals surface area contributed by atoms with Crippen molar-refractivity contribution < 1.29 is 27.3 Å². The van der Waals surface area contributed by atoms with E-state index in [1.54, 1.807) is 12.1 Å². The molecule has 3 rings (SSSR count). The van der Waals surface area contributed by atoms with E-state index in [1.165, 1.54) is 31.2 Å². The smallest absolute Gasteiger partial charge is 0.416 e. The molecule has 32 heavy (non-hydrogen) atoms. The molecule has 0 bridgehead atoms. The first-order valence-electron chi connectivity index (χ1n) is 9.19. The van der Waals surface area contributed by atoms with Gasteiger partial charge >= 0.3 is 12.1 Å². The summed E-state index contributed by atoms with van der Waals surface area (Å²) in [6, 6.07) is 12.6. The molecule has 0 amide bonds. The Morgan fingerprint density at radius 3 is 2.44 bits per heavy atom. The van der Waals surface area contributed by atoms with Crippen LogP contribution in [-0.2, 0) is 21.8 Å². The van der Waals surface area contributed by atoms with Gasteiger partial charge in [0.05, 0.1) is 55.2 Å². The van der Waals surface area contributed by atoms with E-state index < -0.39 is 40.0 Å². The number of alkyl halides is 3. The molecule has 2 unspecified atom stereocenters. The van der Waals surface area contributed by atoms with Crippen molar-refractivity contribution >= 4 is 28.4 Å². The van der Waals surface area contributed by atoms with Gasteiger partial charge in [-0.2, -0.15) is 18.4 Å².